The molecule has 0 aromatic heterocycles. The van der Waals surface area contributed by atoms with Gasteiger partial charge in [0.2, 0.25) is 0 Å². The lowest BCUT2D eigenvalue weighted by atomic mass is 9.80. The summed E-state index contributed by atoms with van der Waals surface area (Å²) in [7, 11) is 2.17. The van der Waals surface area contributed by atoms with Crippen molar-refractivity contribution >= 4 is 5.97 Å². The molecule has 0 aromatic carbocycles. The summed E-state index contributed by atoms with van der Waals surface area (Å²) < 4.78 is 5.14. The van der Waals surface area contributed by atoms with Crippen LogP contribution in [0.2, 0.25) is 0 Å². The smallest absolute Gasteiger partial charge is 0.323 e. The fourth-order valence-corrected chi connectivity index (χ4v) is 2.54. The number of hydrogen-bond donors (Lipinski definition) is 1. The van der Waals surface area contributed by atoms with Gasteiger partial charge >= 0.3 is 5.97 Å². The first kappa shape index (κ1) is 16.4. The monoisotopic (exact) mass is 270 g/mol. The van der Waals surface area contributed by atoms with Crippen LogP contribution in [-0.2, 0) is 9.53 Å². The zero-order valence-corrected chi connectivity index (χ0v) is 13.0. The minimum absolute atomic E-state index is 0.0964. The van der Waals surface area contributed by atoms with Crippen molar-refractivity contribution < 1.29 is 9.53 Å². The Morgan fingerprint density at radius 2 is 2.00 bits per heavy atom. The lowest BCUT2D eigenvalue weighted by Gasteiger charge is -2.38. The van der Waals surface area contributed by atoms with E-state index in [2.05, 4.69) is 31.1 Å². The van der Waals surface area contributed by atoms with Crippen LogP contribution in [0, 0.1) is 5.41 Å². The van der Waals surface area contributed by atoms with Crippen LogP contribution in [0.4, 0.5) is 0 Å². The number of hydrogen-bond acceptors (Lipinski definition) is 4. The van der Waals surface area contributed by atoms with Crippen LogP contribution in [-0.4, -0.2) is 50.2 Å². The van der Waals surface area contributed by atoms with E-state index < -0.39 is 0 Å². The number of carbonyl (C=O) groups excluding carboxylic acids is 1. The van der Waals surface area contributed by atoms with E-state index in [1.165, 1.54) is 12.8 Å². The van der Waals surface area contributed by atoms with Crippen LogP contribution in [0.15, 0.2) is 0 Å². The summed E-state index contributed by atoms with van der Waals surface area (Å²) in [5.41, 5.74) is 0.311. The van der Waals surface area contributed by atoms with Crippen molar-refractivity contribution in [1.29, 1.82) is 0 Å². The van der Waals surface area contributed by atoms with Crippen molar-refractivity contribution in [2.45, 2.75) is 52.5 Å². The Kier molecular flexibility index (Phi) is 6.80. The Morgan fingerprint density at radius 1 is 1.37 bits per heavy atom. The second-order valence-electron chi connectivity index (χ2n) is 6.09. The summed E-state index contributed by atoms with van der Waals surface area (Å²) in [4.78, 5) is 14.2. The maximum atomic E-state index is 11.9. The number of ether oxygens (including phenoxy) is 1. The second kappa shape index (κ2) is 7.85. The number of esters is 1. The van der Waals surface area contributed by atoms with Crippen molar-refractivity contribution in [2.75, 3.05) is 33.3 Å². The molecule has 1 atom stereocenters. The molecular weight excluding hydrogens is 240 g/mol. The third-order valence-electron chi connectivity index (χ3n) is 4.12. The van der Waals surface area contributed by atoms with E-state index in [1.807, 2.05) is 6.92 Å². The first-order chi connectivity index (χ1) is 9.00. The topological polar surface area (TPSA) is 41.6 Å². The molecule has 1 aliphatic rings. The van der Waals surface area contributed by atoms with Crippen molar-refractivity contribution in [3.63, 3.8) is 0 Å². The summed E-state index contributed by atoms with van der Waals surface area (Å²) in [6.07, 6.45) is 4.24. The molecule has 0 aliphatic carbocycles. The van der Waals surface area contributed by atoms with E-state index in [1.54, 1.807) is 0 Å². The van der Waals surface area contributed by atoms with Crippen LogP contribution in [0.25, 0.3) is 0 Å². The minimum atomic E-state index is -0.138. The zero-order chi connectivity index (χ0) is 14.3. The fraction of sp³-hybridized carbons (Fsp3) is 0.933. The van der Waals surface area contributed by atoms with Crippen LogP contribution in [0.3, 0.4) is 0 Å². The third kappa shape index (κ3) is 5.49. The summed E-state index contributed by atoms with van der Waals surface area (Å²) in [5, 5.41) is 3.44. The maximum Gasteiger partial charge on any atom is 0.323 e. The largest absolute Gasteiger partial charge is 0.465 e. The molecule has 0 radical (unpaired) electrons. The SMILES string of the molecule is CCCC(NCC1(C)CCN(C)CC1)C(=O)OCC. The van der Waals surface area contributed by atoms with Gasteiger partial charge in [-0.1, -0.05) is 20.3 Å². The first-order valence-corrected chi connectivity index (χ1v) is 7.59. The van der Waals surface area contributed by atoms with E-state index in [9.17, 15) is 4.79 Å². The van der Waals surface area contributed by atoms with Gasteiger partial charge in [0.1, 0.15) is 6.04 Å². The van der Waals surface area contributed by atoms with Gasteiger partial charge in [0.15, 0.2) is 0 Å². The molecule has 1 N–H and O–H groups in total. The molecule has 1 rings (SSSR count). The molecule has 4 nitrogen and oxygen atoms in total. The molecule has 112 valence electrons. The van der Waals surface area contributed by atoms with Gasteiger partial charge < -0.3 is 15.0 Å². The molecule has 1 heterocycles. The molecule has 4 heteroatoms. The molecule has 1 aliphatic heterocycles. The van der Waals surface area contributed by atoms with E-state index in [-0.39, 0.29) is 12.0 Å². The number of rotatable bonds is 7. The summed E-state index contributed by atoms with van der Waals surface area (Å²) >= 11 is 0. The van der Waals surface area contributed by atoms with Crippen LogP contribution < -0.4 is 5.32 Å². The van der Waals surface area contributed by atoms with E-state index in [0.29, 0.717) is 12.0 Å². The molecule has 1 unspecified atom stereocenters. The predicted octanol–water partition coefficient (Wildman–Crippen LogP) is 2.04. The van der Waals surface area contributed by atoms with E-state index >= 15 is 0 Å². The fourth-order valence-electron chi connectivity index (χ4n) is 2.54. The zero-order valence-electron chi connectivity index (χ0n) is 13.0. The van der Waals surface area contributed by atoms with Gasteiger partial charge in [0.25, 0.3) is 0 Å². The van der Waals surface area contributed by atoms with Crippen molar-refractivity contribution in [2.24, 2.45) is 5.41 Å². The molecule has 0 spiro atoms. The Balaban J connectivity index is 2.44. The Morgan fingerprint density at radius 3 is 2.53 bits per heavy atom. The highest BCUT2D eigenvalue weighted by molar-refractivity contribution is 5.75. The summed E-state index contributed by atoms with van der Waals surface area (Å²) in [5.74, 6) is -0.0964. The van der Waals surface area contributed by atoms with Gasteiger partial charge in [0.05, 0.1) is 6.61 Å². The average Bonchev–Trinajstić information content (AvgIpc) is 2.39. The lowest BCUT2D eigenvalue weighted by molar-refractivity contribution is -0.146. The molecule has 0 bridgehead atoms. The molecular formula is C15H30N2O2. The highest BCUT2D eigenvalue weighted by atomic mass is 16.5. The van der Waals surface area contributed by atoms with Gasteiger partial charge in [0, 0.05) is 6.54 Å². The molecule has 1 saturated heterocycles. The van der Waals surface area contributed by atoms with Crippen molar-refractivity contribution in [3.05, 3.63) is 0 Å². The average molecular weight is 270 g/mol. The standard InChI is InChI=1S/C15H30N2O2/c1-5-7-13(14(18)19-6-2)16-12-15(3)8-10-17(4)11-9-15/h13,16H,5-12H2,1-4H3. The molecule has 19 heavy (non-hydrogen) atoms. The maximum absolute atomic E-state index is 11.9. The second-order valence-corrected chi connectivity index (χ2v) is 6.09. The number of carbonyl (C=O) groups is 1. The number of nitrogens with zero attached hydrogens (tertiary/aromatic N) is 1. The van der Waals surface area contributed by atoms with Crippen LogP contribution in [0.1, 0.15) is 46.5 Å². The predicted molar refractivity (Wildman–Crippen MR) is 78.2 cm³/mol. The first-order valence-electron chi connectivity index (χ1n) is 7.59. The van der Waals surface area contributed by atoms with Crippen LogP contribution in [0.5, 0.6) is 0 Å². The Bertz CT molecular complexity index is 273. The molecule has 1 fully saturated rings. The Hall–Kier alpha value is -0.610. The highest BCUT2D eigenvalue weighted by Crippen LogP contribution is 2.29. The molecule has 0 amide bonds. The normalized spacial score (nSPS) is 21.1. The highest BCUT2D eigenvalue weighted by Gasteiger charge is 2.30. The number of piperidine rings is 1. The Labute approximate surface area is 117 Å². The lowest BCUT2D eigenvalue weighted by Crippen LogP contribution is -2.47. The van der Waals surface area contributed by atoms with Gasteiger partial charge in [-0.2, -0.15) is 0 Å². The van der Waals surface area contributed by atoms with Gasteiger partial charge in [-0.05, 0) is 51.7 Å². The third-order valence-corrected chi connectivity index (χ3v) is 4.12. The van der Waals surface area contributed by atoms with Crippen molar-refractivity contribution in [3.8, 4) is 0 Å². The molecule has 0 aromatic rings. The number of likely N-dealkylation sites (tertiary alicyclic amines) is 1. The van der Waals surface area contributed by atoms with Gasteiger partial charge in [-0.15, -0.1) is 0 Å². The number of nitrogens with one attached hydrogen (secondary N) is 1. The van der Waals surface area contributed by atoms with E-state index in [0.717, 1.165) is 32.5 Å². The van der Waals surface area contributed by atoms with Gasteiger partial charge in [-0.3, -0.25) is 4.79 Å². The minimum Gasteiger partial charge on any atom is -0.465 e. The summed E-state index contributed by atoms with van der Waals surface area (Å²) in [6, 6.07) is -0.138. The van der Waals surface area contributed by atoms with E-state index in [4.69, 9.17) is 4.74 Å². The quantitative estimate of drug-likeness (QED) is 0.719. The van der Waals surface area contributed by atoms with Gasteiger partial charge in [-0.25, -0.2) is 0 Å². The molecule has 0 saturated carbocycles. The summed E-state index contributed by atoms with van der Waals surface area (Å²) in [6.45, 7) is 9.95. The van der Waals surface area contributed by atoms with Crippen LogP contribution >= 0.6 is 0 Å². The van der Waals surface area contributed by atoms with Crippen molar-refractivity contribution in [1.82, 2.24) is 10.2 Å².